The molecule has 19 heteroatoms. The summed E-state index contributed by atoms with van der Waals surface area (Å²) in [6.07, 6.45) is -4.12. The molecule has 2 aromatic rings. The van der Waals surface area contributed by atoms with Crippen molar-refractivity contribution >= 4 is 76.1 Å². The van der Waals surface area contributed by atoms with Gasteiger partial charge >= 0.3 is 7.82 Å². The fraction of sp³-hybridized carbons (Fsp3) is 0.720. The Labute approximate surface area is 267 Å². The van der Waals surface area contributed by atoms with Gasteiger partial charge in [-0.1, -0.05) is 76.7 Å². The van der Waals surface area contributed by atoms with Crippen molar-refractivity contribution in [1.82, 2.24) is 19.5 Å². The maximum Gasteiger partial charge on any atom is 0.475 e. The van der Waals surface area contributed by atoms with E-state index in [0.29, 0.717) is 5.82 Å². The molecule has 3 heterocycles. The Morgan fingerprint density at radius 2 is 1.70 bits per heavy atom. The summed E-state index contributed by atoms with van der Waals surface area (Å²) < 4.78 is 53.0. The van der Waals surface area contributed by atoms with Crippen LogP contribution in [0.25, 0.3) is 11.2 Å². The highest BCUT2D eigenvalue weighted by Crippen LogP contribution is 2.71. The van der Waals surface area contributed by atoms with Gasteiger partial charge in [-0.25, -0.2) is 13.9 Å². The third-order valence-corrected chi connectivity index (χ3v) is 11.3. The normalized spacial score (nSPS) is 27.0. The minimum absolute atomic E-state index is 0.109. The summed E-state index contributed by atoms with van der Waals surface area (Å²) in [4.78, 5) is 36.9. The number of nitrogens with zero attached hydrogens (tertiary/aromatic N) is 4. The van der Waals surface area contributed by atoms with Crippen LogP contribution in [0.1, 0.15) is 47.8 Å². The van der Waals surface area contributed by atoms with Gasteiger partial charge in [0.1, 0.15) is 0 Å². The van der Waals surface area contributed by atoms with E-state index < -0.39 is 47.8 Å². The number of hydrogen-bond acceptors (Lipinski definition) is 15. The van der Waals surface area contributed by atoms with Crippen LogP contribution in [0.4, 0.5) is 16.2 Å². The quantitative estimate of drug-likeness (QED) is 0.163. The molecular formula is C25H37ClFN6O8PS2. The summed E-state index contributed by atoms with van der Waals surface area (Å²) in [5, 5.41) is 11.7. The molecule has 2 fully saturated rings. The summed E-state index contributed by atoms with van der Waals surface area (Å²) in [5.74, 6) is 0.415. The molecule has 44 heavy (non-hydrogen) atoms. The van der Waals surface area contributed by atoms with Crippen LogP contribution in [0.15, 0.2) is 6.33 Å². The fourth-order valence-electron chi connectivity index (χ4n) is 4.20. The lowest BCUT2D eigenvalue weighted by Crippen LogP contribution is -2.34. The number of imidazole rings is 1. The number of nitrogens with two attached hydrogens (primary N) is 1. The summed E-state index contributed by atoms with van der Waals surface area (Å²) >= 11 is 8.49. The molecular weight excluding hydrogens is 662 g/mol. The number of halogens is 2. The number of anilines is 2. The van der Waals surface area contributed by atoms with E-state index >= 15 is 4.39 Å². The molecule has 0 spiro atoms. The van der Waals surface area contributed by atoms with Gasteiger partial charge < -0.3 is 20.9 Å². The van der Waals surface area contributed by atoms with E-state index in [-0.39, 0.29) is 52.1 Å². The number of carbonyl (C=O) groups is 2. The molecule has 1 unspecified atom stereocenters. The molecule has 0 aromatic carbocycles. The second kappa shape index (κ2) is 12.6. The van der Waals surface area contributed by atoms with Crippen LogP contribution in [0.3, 0.4) is 0 Å². The zero-order valence-corrected chi connectivity index (χ0v) is 28.6. The SMILES string of the molecule is CNc1nc(N)nc2c1ncn2[C@@H]1O[C@]2(Cl)C(OP(=O)(OCCSC(=O)C(C)(C)C)OCCSC(=O)C(C)(C)C)[C@]2(O)[C@H]1F. The second-order valence-corrected chi connectivity index (χ2v) is 16.6. The second-order valence-electron chi connectivity index (χ2n) is 12.3. The smallest absolute Gasteiger partial charge is 0.379 e. The van der Waals surface area contributed by atoms with Crippen molar-refractivity contribution < 1.29 is 42.0 Å². The van der Waals surface area contributed by atoms with Gasteiger partial charge in [0.05, 0.1) is 19.5 Å². The van der Waals surface area contributed by atoms with Crippen molar-refractivity contribution in [3.63, 3.8) is 0 Å². The number of phosphoric ester groups is 1. The molecule has 0 bridgehead atoms. The van der Waals surface area contributed by atoms with E-state index in [1.54, 1.807) is 48.6 Å². The predicted octanol–water partition coefficient (Wildman–Crippen LogP) is 4.14. The Morgan fingerprint density at radius 3 is 2.16 bits per heavy atom. The van der Waals surface area contributed by atoms with Gasteiger partial charge in [-0.2, -0.15) is 9.97 Å². The van der Waals surface area contributed by atoms with Crippen LogP contribution in [-0.4, -0.2) is 89.6 Å². The van der Waals surface area contributed by atoms with Crippen molar-refractivity contribution in [3.8, 4) is 0 Å². The van der Waals surface area contributed by atoms with E-state index in [1.807, 2.05) is 0 Å². The number of aliphatic hydroxyl groups is 1. The lowest BCUT2D eigenvalue weighted by Gasteiger charge is -2.24. The summed E-state index contributed by atoms with van der Waals surface area (Å²) in [5.41, 5.74) is 2.52. The largest absolute Gasteiger partial charge is 0.475 e. The Hall–Kier alpha value is -1.56. The molecule has 0 amide bonds. The number of alkyl halides is 2. The van der Waals surface area contributed by atoms with Gasteiger partial charge in [0.2, 0.25) is 11.0 Å². The molecule has 1 saturated heterocycles. The zero-order chi connectivity index (χ0) is 32.9. The van der Waals surface area contributed by atoms with Gasteiger partial charge in [0, 0.05) is 29.4 Å². The maximum absolute atomic E-state index is 15.9. The Bertz CT molecular complexity index is 1440. The van der Waals surface area contributed by atoms with Gasteiger partial charge in [-0.15, -0.1) is 0 Å². The molecule has 4 N–H and O–H groups in total. The van der Waals surface area contributed by atoms with Crippen LogP contribution in [0.2, 0.25) is 0 Å². The topological polar surface area (TPSA) is 190 Å². The Kier molecular flexibility index (Phi) is 10.1. The molecule has 4 rings (SSSR count). The first-order chi connectivity index (χ1) is 20.3. The van der Waals surface area contributed by atoms with E-state index in [1.165, 1.54) is 10.9 Å². The third kappa shape index (κ3) is 6.76. The number of nitrogens with one attached hydrogen (secondary N) is 1. The maximum atomic E-state index is 15.9. The number of nitrogen functional groups attached to an aromatic ring is 1. The zero-order valence-electron chi connectivity index (χ0n) is 25.3. The van der Waals surface area contributed by atoms with Crippen LogP contribution in [0.5, 0.6) is 0 Å². The summed E-state index contributed by atoms with van der Waals surface area (Å²) in [7, 11) is -2.92. The predicted molar refractivity (Wildman–Crippen MR) is 166 cm³/mol. The highest BCUT2D eigenvalue weighted by molar-refractivity contribution is 8.14. The van der Waals surface area contributed by atoms with Crippen molar-refractivity contribution in [2.75, 3.05) is 42.8 Å². The average Bonchev–Trinajstić information content (AvgIpc) is 3.18. The number of phosphoric acid groups is 1. The molecule has 1 aliphatic heterocycles. The first-order valence-electron chi connectivity index (χ1n) is 13.6. The minimum Gasteiger partial charge on any atom is -0.379 e. The van der Waals surface area contributed by atoms with E-state index in [9.17, 15) is 19.3 Å². The molecule has 0 radical (unpaired) electrons. The highest BCUT2D eigenvalue weighted by atomic mass is 35.5. The molecule has 246 valence electrons. The van der Waals surface area contributed by atoms with Crippen molar-refractivity contribution in [2.45, 2.75) is 70.7 Å². The number of hydrogen-bond donors (Lipinski definition) is 3. The number of ether oxygens (including phenoxy) is 1. The number of carbonyl (C=O) groups excluding carboxylic acids is 2. The molecule has 1 aliphatic carbocycles. The standard InChI is InChI=1S/C25H37ClFN6O8PS2/c1-22(2,3)19(34)43-10-8-38-42(37,39-9-11-44-20(35)23(4,5)6)41-18-24(36)14(27)17(40-25(18,24)26)33-12-30-13-15(29-7)31-21(28)32-16(13)33/h12,14,17-18,36H,8-11H2,1-7H3,(H3,28,29,31,32)/t14-,17+,18?,24+,25+/m0/s1. The fourth-order valence-corrected chi connectivity index (χ4v) is 7.92. The Balaban J connectivity index is 1.48. The number of rotatable bonds is 12. The average molecular weight is 699 g/mol. The van der Waals surface area contributed by atoms with Crippen molar-refractivity contribution in [2.24, 2.45) is 10.8 Å². The molecule has 1 saturated carbocycles. The van der Waals surface area contributed by atoms with Crippen LogP contribution < -0.4 is 11.1 Å². The van der Waals surface area contributed by atoms with Crippen LogP contribution in [0, 0.1) is 10.8 Å². The van der Waals surface area contributed by atoms with Crippen LogP contribution >= 0.6 is 42.9 Å². The number of aromatic nitrogens is 4. The van der Waals surface area contributed by atoms with E-state index in [0.717, 1.165) is 23.5 Å². The van der Waals surface area contributed by atoms with Crippen molar-refractivity contribution in [1.29, 1.82) is 0 Å². The number of fused-ring (bicyclic) bond motifs is 2. The lowest BCUT2D eigenvalue weighted by atomic mass is 9.99. The van der Waals surface area contributed by atoms with Gasteiger partial charge in [-0.05, 0) is 0 Å². The molecule has 14 nitrogen and oxygen atoms in total. The minimum atomic E-state index is -4.52. The first-order valence-corrected chi connectivity index (χ1v) is 17.4. The van der Waals surface area contributed by atoms with Crippen LogP contribution in [-0.2, 0) is 32.5 Å². The van der Waals surface area contributed by atoms with E-state index in [4.69, 9.17) is 35.6 Å². The van der Waals surface area contributed by atoms with Gasteiger partial charge in [-0.3, -0.25) is 27.7 Å². The third-order valence-electron chi connectivity index (χ3n) is 6.70. The molecule has 2 aromatic heterocycles. The Morgan fingerprint density at radius 1 is 1.16 bits per heavy atom. The van der Waals surface area contributed by atoms with Crippen molar-refractivity contribution in [3.05, 3.63) is 6.33 Å². The summed E-state index contributed by atoms with van der Waals surface area (Å²) in [6, 6.07) is 0. The highest BCUT2D eigenvalue weighted by Gasteiger charge is 2.90. The van der Waals surface area contributed by atoms with Gasteiger partial charge in [0.15, 0.2) is 51.3 Å². The molecule has 2 aliphatic rings. The first kappa shape index (κ1) is 35.3. The lowest BCUT2D eigenvalue weighted by molar-refractivity contribution is -0.118. The molecule has 5 atom stereocenters. The van der Waals surface area contributed by atoms with Gasteiger partial charge in [0.25, 0.3) is 0 Å². The monoisotopic (exact) mass is 698 g/mol. The summed E-state index contributed by atoms with van der Waals surface area (Å²) in [6.45, 7) is 10.1. The van der Waals surface area contributed by atoms with E-state index in [2.05, 4.69) is 20.3 Å². The number of thioether (sulfide) groups is 2.